The molecule has 3 aromatic rings. The van der Waals surface area contributed by atoms with Crippen molar-refractivity contribution >= 4 is 11.0 Å². The van der Waals surface area contributed by atoms with E-state index < -0.39 is 0 Å². The van der Waals surface area contributed by atoms with Gasteiger partial charge in [0.2, 0.25) is 0 Å². The van der Waals surface area contributed by atoms with Crippen LogP contribution in [0.4, 0.5) is 0 Å². The number of para-hydroxylation sites is 2. The maximum Gasteiger partial charge on any atom is 0.119 e. The minimum Gasteiger partial charge on any atom is -0.493 e. The maximum absolute atomic E-state index is 5.75. The van der Waals surface area contributed by atoms with Crippen LogP contribution in [0.15, 0.2) is 48.5 Å². The van der Waals surface area contributed by atoms with Gasteiger partial charge in [0.05, 0.1) is 24.2 Å². The average Bonchev–Trinajstić information content (AvgIpc) is 3.38. The molecule has 3 nitrogen and oxygen atoms in total. The average molecular weight is 316 g/mol. The van der Waals surface area contributed by atoms with Gasteiger partial charge in [-0.3, -0.25) is 0 Å². The van der Waals surface area contributed by atoms with Gasteiger partial charge in [0.25, 0.3) is 0 Å². The zero-order chi connectivity index (χ0) is 16.4. The Bertz CT molecular complexity index is 908. The van der Waals surface area contributed by atoms with Crippen molar-refractivity contribution in [2.75, 3.05) is 6.61 Å². The second kappa shape index (κ2) is 6.41. The molecule has 1 aliphatic carbocycles. The molecule has 120 valence electrons. The molecular formula is C21H20N2O. The lowest BCUT2D eigenvalue weighted by Gasteiger charge is -2.04. The van der Waals surface area contributed by atoms with Gasteiger partial charge in [0, 0.05) is 5.56 Å². The van der Waals surface area contributed by atoms with Crippen LogP contribution in [0.2, 0.25) is 0 Å². The fourth-order valence-corrected chi connectivity index (χ4v) is 2.75. The Morgan fingerprint density at radius 3 is 2.71 bits per heavy atom. The highest BCUT2D eigenvalue weighted by atomic mass is 16.5. The molecule has 1 fully saturated rings. The number of fused-ring (bicyclic) bond motifs is 1. The SMILES string of the molecule is Cc1nc2ccccc2n1CC#Cc1ccc(OCC2CC2)cc1. The van der Waals surface area contributed by atoms with E-state index in [1.807, 2.05) is 49.4 Å². The number of rotatable bonds is 4. The second-order valence-electron chi connectivity index (χ2n) is 6.31. The molecule has 3 heteroatoms. The summed E-state index contributed by atoms with van der Waals surface area (Å²) in [5.41, 5.74) is 3.16. The Hall–Kier alpha value is -2.73. The molecule has 0 unspecified atom stereocenters. The molecule has 0 N–H and O–H groups in total. The Morgan fingerprint density at radius 1 is 1.12 bits per heavy atom. The highest BCUT2D eigenvalue weighted by Crippen LogP contribution is 2.29. The van der Waals surface area contributed by atoms with Gasteiger partial charge in [-0.1, -0.05) is 24.0 Å². The molecule has 1 heterocycles. The summed E-state index contributed by atoms with van der Waals surface area (Å²) in [5, 5.41) is 0. The quantitative estimate of drug-likeness (QED) is 0.675. The van der Waals surface area contributed by atoms with Crippen LogP contribution in [0.25, 0.3) is 11.0 Å². The second-order valence-corrected chi connectivity index (χ2v) is 6.31. The number of imidazole rings is 1. The van der Waals surface area contributed by atoms with Crippen molar-refractivity contribution in [3.8, 4) is 17.6 Å². The third-order valence-electron chi connectivity index (χ3n) is 4.35. The van der Waals surface area contributed by atoms with E-state index in [9.17, 15) is 0 Å². The molecule has 1 aliphatic rings. The summed E-state index contributed by atoms with van der Waals surface area (Å²) in [7, 11) is 0. The lowest BCUT2D eigenvalue weighted by molar-refractivity contribution is 0.300. The van der Waals surface area contributed by atoms with Crippen LogP contribution in [-0.4, -0.2) is 16.2 Å². The largest absolute Gasteiger partial charge is 0.493 e. The number of benzene rings is 2. The standard InChI is InChI=1S/C21H20N2O/c1-16-22-20-6-2-3-7-21(20)23(16)14-4-5-17-10-12-19(13-11-17)24-15-18-8-9-18/h2-3,6-7,10-13,18H,8-9,14-15H2,1H3. The number of nitrogens with zero attached hydrogens (tertiary/aromatic N) is 2. The van der Waals surface area contributed by atoms with Gasteiger partial charge in [-0.15, -0.1) is 0 Å². The summed E-state index contributed by atoms with van der Waals surface area (Å²) in [4.78, 5) is 4.57. The smallest absolute Gasteiger partial charge is 0.119 e. The normalized spacial score (nSPS) is 13.5. The summed E-state index contributed by atoms with van der Waals surface area (Å²) in [6.07, 6.45) is 2.62. The molecule has 0 saturated heterocycles. The van der Waals surface area contributed by atoms with Gasteiger partial charge in [-0.2, -0.15) is 0 Å². The highest BCUT2D eigenvalue weighted by molar-refractivity contribution is 5.75. The number of hydrogen-bond acceptors (Lipinski definition) is 2. The summed E-state index contributed by atoms with van der Waals surface area (Å²) >= 11 is 0. The van der Waals surface area contributed by atoms with E-state index in [1.165, 1.54) is 12.8 Å². The van der Waals surface area contributed by atoms with Gasteiger partial charge in [0.15, 0.2) is 0 Å². The Kier molecular flexibility index (Phi) is 3.96. The zero-order valence-corrected chi connectivity index (χ0v) is 13.8. The number of hydrogen-bond donors (Lipinski definition) is 0. The van der Waals surface area contributed by atoms with E-state index >= 15 is 0 Å². The van der Waals surface area contributed by atoms with E-state index in [-0.39, 0.29) is 0 Å². The third-order valence-corrected chi connectivity index (χ3v) is 4.35. The molecule has 0 atom stereocenters. The van der Waals surface area contributed by atoms with E-state index in [4.69, 9.17) is 4.74 Å². The maximum atomic E-state index is 5.75. The molecular weight excluding hydrogens is 296 g/mol. The first-order valence-corrected chi connectivity index (χ1v) is 8.43. The van der Waals surface area contributed by atoms with Gasteiger partial charge >= 0.3 is 0 Å². The van der Waals surface area contributed by atoms with Crippen molar-refractivity contribution < 1.29 is 4.74 Å². The molecule has 1 saturated carbocycles. The first-order chi connectivity index (χ1) is 11.8. The van der Waals surface area contributed by atoms with Crippen LogP contribution in [0.3, 0.4) is 0 Å². The van der Waals surface area contributed by atoms with Crippen LogP contribution in [0.1, 0.15) is 24.2 Å². The van der Waals surface area contributed by atoms with E-state index in [0.29, 0.717) is 6.54 Å². The summed E-state index contributed by atoms with van der Waals surface area (Å²) in [6, 6.07) is 16.2. The third kappa shape index (κ3) is 3.28. The van der Waals surface area contributed by atoms with Gasteiger partial charge in [0.1, 0.15) is 11.6 Å². The molecule has 0 radical (unpaired) electrons. The monoisotopic (exact) mass is 316 g/mol. The van der Waals surface area contributed by atoms with Crippen molar-refractivity contribution in [1.29, 1.82) is 0 Å². The van der Waals surface area contributed by atoms with Crippen molar-refractivity contribution in [3.05, 3.63) is 59.9 Å². The molecule has 4 rings (SSSR count). The van der Waals surface area contributed by atoms with Crippen LogP contribution in [0, 0.1) is 24.7 Å². The molecule has 2 aromatic carbocycles. The van der Waals surface area contributed by atoms with Gasteiger partial charge < -0.3 is 9.30 Å². The number of ether oxygens (including phenoxy) is 1. The van der Waals surface area contributed by atoms with Crippen molar-refractivity contribution in [3.63, 3.8) is 0 Å². The lowest BCUT2D eigenvalue weighted by atomic mass is 10.2. The fraction of sp³-hybridized carbons (Fsp3) is 0.286. The van der Waals surface area contributed by atoms with Gasteiger partial charge in [-0.05, 0) is 62.1 Å². The van der Waals surface area contributed by atoms with E-state index in [0.717, 1.165) is 40.7 Å². The number of aromatic nitrogens is 2. The predicted octanol–water partition coefficient (Wildman–Crippen LogP) is 4.19. The summed E-state index contributed by atoms with van der Waals surface area (Å²) in [6.45, 7) is 3.51. The fourth-order valence-electron chi connectivity index (χ4n) is 2.75. The number of aryl methyl sites for hydroxylation is 1. The molecule has 0 aliphatic heterocycles. The highest BCUT2D eigenvalue weighted by Gasteiger charge is 2.21. The Morgan fingerprint density at radius 2 is 1.92 bits per heavy atom. The van der Waals surface area contributed by atoms with Crippen LogP contribution >= 0.6 is 0 Å². The first-order valence-electron chi connectivity index (χ1n) is 8.43. The topological polar surface area (TPSA) is 27.1 Å². The van der Waals surface area contributed by atoms with Crippen LogP contribution in [-0.2, 0) is 6.54 Å². The summed E-state index contributed by atoms with van der Waals surface area (Å²) in [5.74, 6) is 9.18. The lowest BCUT2D eigenvalue weighted by Crippen LogP contribution is -1.99. The molecule has 0 amide bonds. The van der Waals surface area contributed by atoms with Gasteiger partial charge in [-0.25, -0.2) is 4.98 Å². The van der Waals surface area contributed by atoms with Crippen molar-refractivity contribution in [2.24, 2.45) is 5.92 Å². The van der Waals surface area contributed by atoms with E-state index in [2.05, 4.69) is 27.5 Å². The van der Waals surface area contributed by atoms with Crippen molar-refractivity contribution in [2.45, 2.75) is 26.3 Å². The molecule has 0 spiro atoms. The first kappa shape index (κ1) is 14.8. The van der Waals surface area contributed by atoms with Crippen LogP contribution < -0.4 is 4.74 Å². The molecule has 1 aromatic heterocycles. The Balaban J connectivity index is 1.44. The minimum atomic E-state index is 0.645. The van der Waals surface area contributed by atoms with Crippen molar-refractivity contribution in [1.82, 2.24) is 9.55 Å². The molecule has 0 bridgehead atoms. The zero-order valence-electron chi connectivity index (χ0n) is 13.8. The predicted molar refractivity (Wildman–Crippen MR) is 96.0 cm³/mol. The van der Waals surface area contributed by atoms with Crippen LogP contribution in [0.5, 0.6) is 5.75 Å². The minimum absolute atomic E-state index is 0.645. The Labute approximate surface area is 142 Å². The molecule has 24 heavy (non-hydrogen) atoms. The summed E-state index contributed by atoms with van der Waals surface area (Å²) < 4.78 is 7.90. The van der Waals surface area contributed by atoms with E-state index in [1.54, 1.807) is 0 Å².